The van der Waals surface area contributed by atoms with Gasteiger partial charge in [-0.3, -0.25) is 4.79 Å². The van der Waals surface area contributed by atoms with E-state index in [1.807, 2.05) is 0 Å². The Bertz CT molecular complexity index is 1010. The SMILES string of the molecule is COc1cc(OC)cc(C(=O)OCC(=O)N2CCN(S(=O)(=O)c3ccccc3)CC2)c1. The van der Waals surface area contributed by atoms with Crippen molar-refractivity contribution in [2.24, 2.45) is 0 Å². The molecule has 3 rings (SSSR count). The predicted octanol–water partition coefficient (Wildman–Crippen LogP) is 1.39. The van der Waals surface area contributed by atoms with E-state index in [1.54, 1.807) is 36.4 Å². The zero-order chi connectivity index (χ0) is 22.4. The molecule has 0 N–H and O–H groups in total. The molecular weight excluding hydrogens is 424 g/mol. The Labute approximate surface area is 181 Å². The fourth-order valence-corrected chi connectivity index (χ4v) is 4.59. The number of rotatable bonds is 7. The van der Waals surface area contributed by atoms with Crippen LogP contribution < -0.4 is 9.47 Å². The average molecular weight is 448 g/mol. The largest absolute Gasteiger partial charge is 0.497 e. The topological polar surface area (TPSA) is 102 Å². The van der Waals surface area contributed by atoms with E-state index in [9.17, 15) is 18.0 Å². The van der Waals surface area contributed by atoms with Gasteiger partial charge in [-0.2, -0.15) is 4.31 Å². The Morgan fingerprint density at radius 1 is 0.903 bits per heavy atom. The summed E-state index contributed by atoms with van der Waals surface area (Å²) in [5, 5.41) is 0. The zero-order valence-corrected chi connectivity index (χ0v) is 18.1. The summed E-state index contributed by atoms with van der Waals surface area (Å²) in [6, 6.07) is 12.8. The van der Waals surface area contributed by atoms with Crippen molar-refractivity contribution in [3.05, 3.63) is 54.1 Å². The van der Waals surface area contributed by atoms with Crippen molar-refractivity contribution in [1.82, 2.24) is 9.21 Å². The second-order valence-corrected chi connectivity index (χ2v) is 8.71. The molecule has 10 heteroatoms. The van der Waals surface area contributed by atoms with E-state index in [4.69, 9.17) is 14.2 Å². The molecule has 0 radical (unpaired) electrons. The highest BCUT2D eigenvalue weighted by molar-refractivity contribution is 7.89. The molecule has 1 saturated heterocycles. The summed E-state index contributed by atoms with van der Waals surface area (Å²) in [4.78, 5) is 26.5. The molecule has 0 bridgehead atoms. The molecule has 1 aliphatic rings. The predicted molar refractivity (Wildman–Crippen MR) is 112 cm³/mol. The number of carbonyl (C=O) groups is 2. The highest BCUT2D eigenvalue weighted by Crippen LogP contribution is 2.23. The molecule has 0 atom stereocenters. The Hall–Kier alpha value is -3.11. The first-order chi connectivity index (χ1) is 14.8. The molecule has 2 aromatic rings. The lowest BCUT2D eigenvalue weighted by Crippen LogP contribution is -2.51. The monoisotopic (exact) mass is 448 g/mol. The third kappa shape index (κ3) is 5.33. The summed E-state index contributed by atoms with van der Waals surface area (Å²) in [6.45, 7) is 0.336. The van der Waals surface area contributed by atoms with E-state index in [-0.39, 0.29) is 42.5 Å². The Morgan fingerprint density at radius 3 is 2.03 bits per heavy atom. The molecule has 0 aliphatic carbocycles. The summed E-state index contributed by atoms with van der Waals surface area (Å²) in [7, 11) is -0.673. The van der Waals surface area contributed by atoms with Gasteiger partial charge in [0.05, 0.1) is 24.7 Å². The third-order valence-corrected chi connectivity index (χ3v) is 6.80. The van der Waals surface area contributed by atoms with Gasteiger partial charge in [0.2, 0.25) is 10.0 Å². The van der Waals surface area contributed by atoms with Crippen LogP contribution in [-0.2, 0) is 19.6 Å². The molecule has 2 aromatic carbocycles. The minimum absolute atomic E-state index is 0.171. The number of amides is 1. The van der Waals surface area contributed by atoms with Crippen molar-refractivity contribution >= 4 is 21.9 Å². The summed E-state index contributed by atoms with van der Waals surface area (Å²) in [6.07, 6.45) is 0. The van der Waals surface area contributed by atoms with Crippen LogP contribution in [0.3, 0.4) is 0 Å². The van der Waals surface area contributed by atoms with Crippen LogP contribution >= 0.6 is 0 Å². The van der Waals surface area contributed by atoms with Crippen molar-refractivity contribution < 1.29 is 32.2 Å². The van der Waals surface area contributed by atoms with Crippen LogP contribution in [-0.4, -0.2) is 76.5 Å². The molecule has 31 heavy (non-hydrogen) atoms. The molecule has 1 amide bonds. The molecule has 9 nitrogen and oxygen atoms in total. The van der Waals surface area contributed by atoms with Gasteiger partial charge in [0.25, 0.3) is 5.91 Å². The Morgan fingerprint density at radius 2 is 1.48 bits per heavy atom. The van der Waals surface area contributed by atoms with Crippen molar-refractivity contribution in [3.8, 4) is 11.5 Å². The Kier molecular flexibility index (Phi) is 7.13. The number of esters is 1. The van der Waals surface area contributed by atoms with E-state index in [0.29, 0.717) is 11.5 Å². The van der Waals surface area contributed by atoms with Crippen LogP contribution in [0.15, 0.2) is 53.4 Å². The van der Waals surface area contributed by atoms with Crippen LogP contribution in [0.2, 0.25) is 0 Å². The summed E-state index contributed by atoms with van der Waals surface area (Å²) >= 11 is 0. The number of nitrogens with zero attached hydrogens (tertiary/aromatic N) is 2. The summed E-state index contributed by atoms with van der Waals surface area (Å²) in [5.74, 6) is -0.224. The minimum Gasteiger partial charge on any atom is -0.497 e. The molecular formula is C21H24N2O7S. The third-order valence-electron chi connectivity index (χ3n) is 4.89. The van der Waals surface area contributed by atoms with Gasteiger partial charge < -0.3 is 19.1 Å². The number of benzene rings is 2. The maximum atomic E-state index is 12.7. The molecule has 0 saturated carbocycles. The normalized spacial score (nSPS) is 14.7. The fourth-order valence-electron chi connectivity index (χ4n) is 3.15. The first-order valence-electron chi connectivity index (χ1n) is 9.58. The van der Waals surface area contributed by atoms with Crippen molar-refractivity contribution in [2.75, 3.05) is 47.0 Å². The molecule has 0 unspecified atom stereocenters. The van der Waals surface area contributed by atoms with E-state index >= 15 is 0 Å². The number of ether oxygens (including phenoxy) is 3. The van der Waals surface area contributed by atoms with E-state index in [2.05, 4.69) is 0 Å². The Balaban J connectivity index is 1.54. The highest BCUT2D eigenvalue weighted by Gasteiger charge is 2.30. The van der Waals surface area contributed by atoms with Crippen molar-refractivity contribution in [2.45, 2.75) is 4.90 Å². The smallest absolute Gasteiger partial charge is 0.338 e. The first-order valence-corrected chi connectivity index (χ1v) is 11.0. The van der Waals surface area contributed by atoms with Gasteiger partial charge in [0.15, 0.2) is 6.61 Å². The number of methoxy groups -OCH3 is 2. The molecule has 1 fully saturated rings. The number of hydrogen-bond acceptors (Lipinski definition) is 7. The number of sulfonamides is 1. The minimum atomic E-state index is -3.60. The summed E-state index contributed by atoms with van der Waals surface area (Å²) < 4.78 is 42.1. The summed E-state index contributed by atoms with van der Waals surface area (Å²) in [5.41, 5.74) is 0.197. The zero-order valence-electron chi connectivity index (χ0n) is 17.3. The number of piperazine rings is 1. The van der Waals surface area contributed by atoms with Crippen LogP contribution in [0.4, 0.5) is 0 Å². The number of hydrogen-bond donors (Lipinski definition) is 0. The van der Waals surface area contributed by atoms with Crippen LogP contribution in [0.25, 0.3) is 0 Å². The standard InChI is InChI=1S/C21H24N2O7S/c1-28-17-12-16(13-18(14-17)29-2)21(25)30-15-20(24)22-8-10-23(11-9-22)31(26,27)19-6-4-3-5-7-19/h3-7,12-14H,8-11,15H2,1-2H3. The highest BCUT2D eigenvalue weighted by atomic mass is 32.2. The van der Waals surface area contributed by atoms with Crippen LogP contribution in [0.1, 0.15) is 10.4 Å². The second kappa shape index (κ2) is 9.80. The van der Waals surface area contributed by atoms with Gasteiger partial charge >= 0.3 is 5.97 Å². The van der Waals surface area contributed by atoms with Crippen molar-refractivity contribution in [3.63, 3.8) is 0 Å². The first kappa shape index (κ1) is 22.6. The fraction of sp³-hybridized carbons (Fsp3) is 0.333. The van der Waals surface area contributed by atoms with Gasteiger partial charge in [-0.05, 0) is 24.3 Å². The lowest BCUT2D eigenvalue weighted by Gasteiger charge is -2.33. The van der Waals surface area contributed by atoms with Gasteiger partial charge in [-0.1, -0.05) is 18.2 Å². The van der Waals surface area contributed by atoms with Crippen LogP contribution in [0, 0.1) is 0 Å². The molecule has 0 spiro atoms. The maximum absolute atomic E-state index is 12.7. The lowest BCUT2D eigenvalue weighted by atomic mass is 10.2. The van der Waals surface area contributed by atoms with E-state index in [0.717, 1.165) is 0 Å². The number of carbonyl (C=O) groups excluding carboxylic acids is 2. The van der Waals surface area contributed by atoms with Gasteiger partial charge in [0.1, 0.15) is 11.5 Å². The van der Waals surface area contributed by atoms with Crippen molar-refractivity contribution in [1.29, 1.82) is 0 Å². The molecule has 0 aromatic heterocycles. The van der Waals surface area contributed by atoms with Gasteiger partial charge in [-0.15, -0.1) is 0 Å². The lowest BCUT2D eigenvalue weighted by molar-refractivity contribution is -0.135. The maximum Gasteiger partial charge on any atom is 0.338 e. The molecule has 1 aliphatic heterocycles. The van der Waals surface area contributed by atoms with Gasteiger partial charge in [0, 0.05) is 32.2 Å². The second-order valence-electron chi connectivity index (χ2n) is 6.78. The van der Waals surface area contributed by atoms with Gasteiger partial charge in [-0.25, -0.2) is 13.2 Å². The molecule has 166 valence electrons. The average Bonchev–Trinajstić information content (AvgIpc) is 2.82. The van der Waals surface area contributed by atoms with E-state index in [1.165, 1.54) is 35.6 Å². The quantitative estimate of drug-likeness (QED) is 0.590. The molecule has 1 heterocycles. The van der Waals surface area contributed by atoms with Crippen LogP contribution in [0.5, 0.6) is 11.5 Å². The van der Waals surface area contributed by atoms with E-state index < -0.39 is 22.6 Å².